The van der Waals surface area contributed by atoms with Gasteiger partial charge >= 0.3 is 12.0 Å². The molecule has 0 unspecified atom stereocenters. The van der Waals surface area contributed by atoms with Crippen LogP contribution >= 0.6 is 0 Å². The first-order valence-electron chi connectivity index (χ1n) is 8.08. The number of amides is 3. The summed E-state index contributed by atoms with van der Waals surface area (Å²) in [7, 11) is 1.32. The Kier molecular flexibility index (Phi) is 4.62. The van der Waals surface area contributed by atoms with Crippen LogP contribution in [-0.4, -0.2) is 36.5 Å². The summed E-state index contributed by atoms with van der Waals surface area (Å²) in [5.74, 6) is 0.145. The lowest BCUT2D eigenvalue weighted by atomic mass is 10.0. The second-order valence-electron chi connectivity index (χ2n) is 5.76. The monoisotopic (exact) mass is 354 g/mol. The number of likely N-dealkylation sites (N-methyl/N-ethyl adjacent to an activating group) is 1. The molecule has 1 saturated heterocycles. The highest BCUT2D eigenvalue weighted by atomic mass is 16.5. The second kappa shape index (κ2) is 6.87. The molecule has 1 aromatic carbocycles. The van der Waals surface area contributed by atoms with Gasteiger partial charge in [0.1, 0.15) is 17.2 Å². The Morgan fingerprint density at radius 2 is 2.04 bits per heavy atom. The van der Waals surface area contributed by atoms with Crippen molar-refractivity contribution in [2.45, 2.75) is 13.8 Å². The Hall–Kier alpha value is -3.35. The van der Waals surface area contributed by atoms with Crippen LogP contribution in [0, 0.1) is 6.92 Å². The number of furan rings is 1. The van der Waals surface area contributed by atoms with E-state index in [4.69, 9.17) is 9.15 Å². The molecular weight excluding hydrogens is 336 g/mol. The van der Waals surface area contributed by atoms with Gasteiger partial charge in [-0.3, -0.25) is 9.69 Å². The van der Waals surface area contributed by atoms with E-state index < -0.39 is 12.0 Å². The number of urea groups is 1. The van der Waals surface area contributed by atoms with Crippen LogP contribution in [0.5, 0.6) is 0 Å². The van der Waals surface area contributed by atoms with Crippen LogP contribution in [0.1, 0.15) is 28.6 Å². The molecule has 0 spiro atoms. The molecule has 3 amide bonds. The van der Waals surface area contributed by atoms with Crippen LogP contribution in [0.15, 0.2) is 40.4 Å². The maximum Gasteiger partial charge on any atom is 0.337 e. The number of methoxy groups -OCH3 is 1. The highest BCUT2D eigenvalue weighted by Crippen LogP contribution is 2.28. The largest absolute Gasteiger partial charge is 0.465 e. The van der Waals surface area contributed by atoms with Crippen molar-refractivity contribution >= 4 is 24.0 Å². The van der Waals surface area contributed by atoms with Gasteiger partial charge in [0.15, 0.2) is 0 Å². The molecule has 2 aromatic rings. The van der Waals surface area contributed by atoms with E-state index in [0.29, 0.717) is 23.6 Å². The number of carbonyl (C=O) groups is 3. The summed E-state index contributed by atoms with van der Waals surface area (Å²) in [5, 5.41) is 2.52. The zero-order valence-electron chi connectivity index (χ0n) is 14.7. The van der Waals surface area contributed by atoms with Crippen molar-refractivity contribution in [1.29, 1.82) is 0 Å². The third kappa shape index (κ3) is 3.11. The summed E-state index contributed by atoms with van der Waals surface area (Å²) in [5.41, 5.74) is 2.25. The van der Waals surface area contributed by atoms with E-state index in [-0.39, 0.29) is 11.6 Å². The number of benzene rings is 1. The summed E-state index contributed by atoms with van der Waals surface area (Å²) >= 11 is 0. The number of rotatable bonds is 4. The second-order valence-corrected chi connectivity index (χ2v) is 5.76. The highest BCUT2D eigenvalue weighted by molar-refractivity contribution is 6.13. The summed E-state index contributed by atoms with van der Waals surface area (Å²) in [6.07, 6.45) is 1.49. The number of hydrogen-bond acceptors (Lipinski definition) is 5. The van der Waals surface area contributed by atoms with E-state index in [1.807, 2.05) is 13.0 Å². The molecule has 0 aliphatic carbocycles. The molecule has 0 radical (unpaired) electrons. The molecule has 2 heterocycles. The summed E-state index contributed by atoms with van der Waals surface area (Å²) in [4.78, 5) is 36.6. The molecule has 1 fully saturated rings. The lowest BCUT2D eigenvalue weighted by Crippen LogP contribution is -2.30. The van der Waals surface area contributed by atoms with Crippen molar-refractivity contribution < 1.29 is 23.5 Å². The number of hydrogen-bond donors (Lipinski definition) is 1. The molecule has 0 atom stereocenters. The van der Waals surface area contributed by atoms with E-state index in [9.17, 15) is 14.4 Å². The molecule has 1 aliphatic rings. The van der Waals surface area contributed by atoms with Gasteiger partial charge in [-0.1, -0.05) is 6.07 Å². The van der Waals surface area contributed by atoms with E-state index in [0.717, 1.165) is 16.0 Å². The van der Waals surface area contributed by atoms with Crippen molar-refractivity contribution in [1.82, 2.24) is 10.2 Å². The maximum absolute atomic E-state index is 12.1. The molecule has 7 heteroatoms. The summed E-state index contributed by atoms with van der Waals surface area (Å²) in [6.45, 7) is 3.92. The molecule has 0 bridgehead atoms. The number of nitrogens with zero attached hydrogens (tertiary/aromatic N) is 1. The van der Waals surface area contributed by atoms with Crippen LogP contribution in [0.25, 0.3) is 17.4 Å². The van der Waals surface area contributed by atoms with Gasteiger partial charge in [0, 0.05) is 18.2 Å². The SMILES string of the molecule is CCN1C(=O)N/C(=C/c2ccc(-c3cc(C(=O)OC)ccc3C)o2)C1=O. The third-order valence-electron chi connectivity index (χ3n) is 4.12. The predicted molar refractivity (Wildman–Crippen MR) is 94.1 cm³/mol. The molecule has 7 nitrogen and oxygen atoms in total. The smallest absolute Gasteiger partial charge is 0.337 e. The minimum absolute atomic E-state index is 0.165. The van der Waals surface area contributed by atoms with E-state index in [2.05, 4.69) is 5.32 Å². The van der Waals surface area contributed by atoms with Crippen molar-refractivity contribution in [3.8, 4) is 11.3 Å². The van der Waals surface area contributed by atoms with E-state index in [1.54, 1.807) is 31.2 Å². The Morgan fingerprint density at radius 1 is 1.27 bits per heavy atom. The van der Waals surface area contributed by atoms with Crippen molar-refractivity contribution in [2.75, 3.05) is 13.7 Å². The van der Waals surface area contributed by atoms with Crippen LogP contribution < -0.4 is 5.32 Å². The molecule has 1 aliphatic heterocycles. The zero-order chi connectivity index (χ0) is 18.8. The van der Waals surface area contributed by atoms with Crippen molar-refractivity contribution in [3.05, 3.63) is 52.9 Å². The topological polar surface area (TPSA) is 88.8 Å². The normalized spacial score (nSPS) is 15.5. The van der Waals surface area contributed by atoms with Gasteiger partial charge in [-0.2, -0.15) is 0 Å². The maximum atomic E-state index is 12.1. The van der Waals surface area contributed by atoms with Crippen molar-refractivity contribution in [2.24, 2.45) is 0 Å². The van der Waals surface area contributed by atoms with Crippen LogP contribution in [0.4, 0.5) is 4.79 Å². The summed E-state index contributed by atoms with van der Waals surface area (Å²) < 4.78 is 10.5. The number of aryl methyl sites for hydroxylation is 1. The molecule has 134 valence electrons. The van der Waals surface area contributed by atoms with Gasteiger partial charge in [0.2, 0.25) is 0 Å². The van der Waals surface area contributed by atoms with E-state index >= 15 is 0 Å². The van der Waals surface area contributed by atoms with Gasteiger partial charge in [0.25, 0.3) is 5.91 Å². The quantitative estimate of drug-likeness (QED) is 0.518. The summed E-state index contributed by atoms with van der Waals surface area (Å²) in [6, 6.07) is 8.18. The highest BCUT2D eigenvalue weighted by Gasteiger charge is 2.32. The minimum atomic E-state index is -0.447. The Balaban J connectivity index is 1.92. The first kappa shape index (κ1) is 17.5. The number of esters is 1. The Morgan fingerprint density at radius 3 is 2.69 bits per heavy atom. The van der Waals surface area contributed by atoms with Gasteiger partial charge in [-0.15, -0.1) is 0 Å². The van der Waals surface area contributed by atoms with Gasteiger partial charge in [-0.05, 0) is 43.7 Å². The number of carbonyl (C=O) groups excluding carboxylic acids is 3. The molecule has 1 aromatic heterocycles. The fraction of sp³-hybridized carbons (Fsp3) is 0.211. The Bertz CT molecular complexity index is 926. The fourth-order valence-electron chi connectivity index (χ4n) is 2.71. The van der Waals surface area contributed by atoms with Crippen LogP contribution in [0.3, 0.4) is 0 Å². The average Bonchev–Trinajstić information content (AvgIpc) is 3.19. The third-order valence-corrected chi connectivity index (χ3v) is 4.12. The lowest BCUT2D eigenvalue weighted by molar-refractivity contribution is -0.122. The predicted octanol–water partition coefficient (Wildman–Crippen LogP) is 2.95. The van der Waals surface area contributed by atoms with Crippen LogP contribution in [0.2, 0.25) is 0 Å². The number of ether oxygens (including phenoxy) is 1. The van der Waals surface area contributed by atoms with Gasteiger partial charge in [0.05, 0.1) is 12.7 Å². The standard InChI is InChI=1S/C19H18N2O5/c1-4-21-17(22)15(20-19(21)24)10-13-7-8-16(26-13)14-9-12(18(23)25-3)6-5-11(14)2/h5-10H,4H2,1-3H3,(H,20,24)/b15-10+. The van der Waals surface area contributed by atoms with Crippen LogP contribution in [-0.2, 0) is 9.53 Å². The Labute approximate surface area is 150 Å². The molecule has 0 saturated carbocycles. The molecule has 3 rings (SSSR count). The zero-order valence-corrected chi connectivity index (χ0v) is 14.7. The average molecular weight is 354 g/mol. The van der Waals surface area contributed by atoms with Gasteiger partial charge < -0.3 is 14.5 Å². The van der Waals surface area contributed by atoms with E-state index in [1.165, 1.54) is 13.2 Å². The minimum Gasteiger partial charge on any atom is -0.465 e. The lowest BCUT2D eigenvalue weighted by Gasteiger charge is -2.06. The first-order chi connectivity index (χ1) is 12.4. The molecule has 1 N–H and O–H groups in total. The number of imide groups is 1. The van der Waals surface area contributed by atoms with Gasteiger partial charge in [-0.25, -0.2) is 9.59 Å². The molecular formula is C19H18N2O5. The fourth-order valence-corrected chi connectivity index (χ4v) is 2.71. The number of nitrogens with one attached hydrogen (secondary N) is 1. The van der Waals surface area contributed by atoms with Crippen molar-refractivity contribution in [3.63, 3.8) is 0 Å². The first-order valence-corrected chi connectivity index (χ1v) is 8.08. The molecule has 26 heavy (non-hydrogen) atoms.